The van der Waals surface area contributed by atoms with Gasteiger partial charge in [-0.1, -0.05) is 24.3 Å². The quantitative estimate of drug-likeness (QED) is 0.509. The van der Waals surface area contributed by atoms with E-state index in [0.29, 0.717) is 5.56 Å². The molecule has 0 spiro atoms. The summed E-state index contributed by atoms with van der Waals surface area (Å²) >= 11 is 0. The fourth-order valence-corrected chi connectivity index (χ4v) is 2.22. The van der Waals surface area contributed by atoms with Gasteiger partial charge in [-0.15, -0.1) is 0 Å². The smallest absolute Gasteiger partial charge is 0.138 e. The number of hydrogen-bond acceptors (Lipinski definition) is 3. The predicted molar refractivity (Wildman–Crippen MR) is 86.9 cm³/mol. The molecule has 0 amide bonds. The van der Waals surface area contributed by atoms with Crippen LogP contribution >= 0.6 is 0 Å². The minimum Gasteiger partial charge on any atom is -0.384 e. The maximum absolute atomic E-state index is 7.41. The third kappa shape index (κ3) is 2.45. The number of fused-ring (bicyclic) bond motifs is 1. The van der Waals surface area contributed by atoms with Gasteiger partial charge in [-0.05, 0) is 18.2 Å². The minimum absolute atomic E-state index is 0.0711. The van der Waals surface area contributed by atoms with Crippen molar-refractivity contribution >= 4 is 22.6 Å². The number of aromatic nitrogens is 2. The Balaban J connectivity index is 2.02. The third-order valence-electron chi connectivity index (χ3n) is 3.45. The second-order valence-electron chi connectivity index (χ2n) is 5.17. The highest BCUT2D eigenvalue weighted by molar-refractivity contribution is 5.95. The highest BCUT2D eigenvalue weighted by Gasteiger charge is 2.07. The van der Waals surface area contributed by atoms with E-state index in [-0.39, 0.29) is 5.84 Å². The molecule has 0 radical (unpaired) electrons. The van der Waals surface area contributed by atoms with Crippen molar-refractivity contribution in [1.82, 2.24) is 9.97 Å². The Labute approximate surface area is 122 Å². The van der Waals surface area contributed by atoms with Crippen molar-refractivity contribution in [2.24, 2.45) is 5.73 Å². The van der Waals surface area contributed by atoms with Crippen LogP contribution in [0.5, 0.6) is 0 Å². The summed E-state index contributed by atoms with van der Waals surface area (Å²) in [6, 6.07) is 13.6. The van der Waals surface area contributed by atoms with E-state index in [2.05, 4.69) is 20.9 Å². The molecule has 1 aromatic heterocycles. The lowest BCUT2D eigenvalue weighted by molar-refractivity contribution is 1.13. The van der Waals surface area contributed by atoms with Gasteiger partial charge in [-0.2, -0.15) is 0 Å². The molecule has 106 valence electrons. The van der Waals surface area contributed by atoms with E-state index in [9.17, 15) is 0 Å². The molecule has 0 aliphatic rings. The van der Waals surface area contributed by atoms with Gasteiger partial charge in [0.25, 0.3) is 0 Å². The van der Waals surface area contributed by atoms with E-state index >= 15 is 0 Å². The van der Waals surface area contributed by atoms with Crippen LogP contribution in [0.25, 0.3) is 22.4 Å². The highest BCUT2D eigenvalue weighted by Crippen LogP contribution is 2.24. The fourth-order valence-electron chi connectivity index (χ4n) is 2.22. The zero-order chi connectivity index (χ0) is 15.0. The largest absolute Gasteiger partial charge is 0.384 e. The first kappa shape index (κ1) is 13.2. The van der Waals surface area contributed by atoms with E-state index < -0.39 is 0 Å². The molecule has 0 unspecified atom stereocenters. The summed E-state index contributed by atoms with van der Waals surface area (Å²) in [7, 11) is 4.03. The topological polar surface area (TPSA) is 81.8 Å². The Kier molecular flexibility index (Phi) is 3.10. The summed E-state index contributed by atoms with van der Waals surface area (Å²) in [6.45, 7) is 0. The van der Waals surface area contributed by atoms with Crippen molar-refractivity contribution < 1.29 is 0 Å². The van der Waals surface area contributed by atoms with Crippen molar-refractivity contribution in [3.63, 3.8) is 0 Å². The summed E-state index contributed by atoms with van der Waals surface area (Å²) in [6.07, 6.45) is 0. The number of nitrogens with two attached hydrogens (primary N) is 1. The number of nitrogens with one attached hydrogen (secondary N) is 2. The molecule has 5 heteroatoms. The van der Waals surface area contributed by atoms with E-state index in [4.69, 9.17) is 11.1 Å². The van der Waals surface area contributed by atoms with Crippen LogP contribution in [-0.4, -0.2) is 29.9 Å². The monoisotopic (exact) mass is 279 g/mol. The van der Waals surface area contributed by atoms with Gasteiger partial charge in [0, 0.05) is 30.9 Å². The number of nitrogens with zero attached hydrogens (tertiary/aromatic N) is 2. The van der Waals surface area contributed by atoms with Crippen LogP contribution in [0.4, 0.5) is 5.69 Å². The predicted octanol–water partition coefficient (Wildman–Crippen LogP) is 2.58. The van der Waals surface area contributed by atoms with Crippen molar-refractivity contribution in [1.29, 1.82) is 5.41 Å². The summed E-state index contributed by atoms with van der Waals surface area (Å²) in [4.78, 5) is 9.99. The number of aromatic amines is 1. The average molecular weight is 279 g/mol. The molecule has 0 saturated carbocycles. The van der Waals surface area contributed by atoms with E-state index in [0.717, 1.165) is 28.1 Å². The molecule has 1 heterocycles. The Bertz CT molecular complexity index is 799. The van der Waals surface area contributed by atoms with Crippen LogP contribution in [0, 0.1) is 5.41 Å². The Morgan fingerprint density at radius 2 is 1.86 bits per heavy atom. The maximum atomic E-state index is 7.41. The number of hydrogen-bond donors (Lipinski definition) is 3. The second-order valence-corrected chi connectivity index (χ2v) is 5.17. The summed E-state index contributed by atoms with van der Waals surface area (Å²) in [5, 5.41) is 7.41. The van der Waals surface area contributed by atoms with Crippen molar-refractivity contribution in [2.45, 2.75) is 0 Å². The third-order valence-corrected chi connectivity index (χ3v) is 3.45. The number of amidine groups is 1. The molecule has 21 heavy (non-hydrogen) atoms. The molecule has 0 atom stereocenters. The minimum atomic E-state index is 0.0711. The van der Waals surface area contributed by atoms with Gasteiger partial charge in [0.15, 0.2) is 0 Å². The van der Waals surface area contributed by atoms with Gasteiger partial charge < -0.3 is 15.6 Å². The number of H-pyrrole nitrogens is 1. The van der Waals surface area contributed by atoms with Crippen LogP contribution in [0.15, 0.2) is 42.5 Å². The average Bonchev–Trinajstić information content (AvgIpc) is 2.90. The molecule has 3 rings (SSSR count). The van der Waals surface area contributed by atoms with Crippen LogP contribution in [0.2, 0.25) is 0 Å². The van der Waals surface area contributed by atoms with Crippen LogP contribution in [-0.2, 0) is 0 Å². The second kappa shape index (κ2) is 4.94. The number of rotatable bonds is 3. The number of imidazole rings is 1. The van der Waals surface area contributed by atoms with Gasteiger partial charge in [0.1, 0.15) is 11.7 Å². The first-order valence-electron chi connectivity index (χ1n) is 6.66. The van der Waals surface area contributed by atoms with E-state index in [1.807, 2.05) is 50.5 Å². The van der Waals surface area contributed by atoms with Crippen LogP contribution < -0.4 is 10.6 Å². The zero-order valence-corrected chi connectivity index (χ0v) is 12.0. The molecular formula is C16H17N5. The molecular weight excluding hydrogens is 262 g/mol. The molecule has 3 aromatic rings. The molecule has 0 aliphatic carbocycles. The lowest BCUT2D eigenvalue weighted by Gasteiger charge is -2.11. The Morgan fingerprint density at radius 1 is 1.14 bits per heavy atom. The summed E-state index contributed by atoms with van der Waals surface area (Å²) < 4.78 is 0. The molecule has 0 saturated heterocycles. The van der Waals surface area contributed by atoms with Gasteiger partial charge in [-0.3, -0.25) is 5.41 Å². The summed E-state index contributed by atoms with van der Waals surface area (Å²) in [5.41, 5.74) is 10.2. The normalized spacial score (nSPS) is 10.8. The first-order chi connectivity index (χ1) is 10.0. The van der Waals surface area contributed by atoms with Gasteiger partial charge >= 0.3 is 0 Å². The highest BCUT2D eigenvalue weighted by atomic mass is 15.1. The molecule has 0 bridgehead atoms. The fraction of sp³-hybridized carbons (Fsp3) is 0.125. The van der Waals surface area contributed by atoms with Gasteiger partial charge in [-0.25, -0.2) is 4.98 Å². The van der Waals surface area contributed by atoms with Crippen molar-refractivity contribution in [3.05, 3.63) is 48.0 Å². The molecule has 0 fully saturated rings. The van der Waals surface area contributed by atoms with Crippen LogP contribution in [0.1, 0.15) is 5.56 Å². The number of benzene rings is 2. The van der Waals surface area contributed by atoms with Crippen molar-refractivity contribution in [2.75, 3.05) is 19.0 Å². The molecule has 0 aliphatic heterocycles. The molecule has 4 N–H and O–H groups in total. The SMILES string of the molecule is CN(C)c1ccc2nc(-c3ccc(C(=N)N)cc3)[nH]c2c1. The zero-order valence-electron chi connectivity index (χ0n) is 12.0. The van der Waals surface area contributed by atoms with Crippen LogP contribution in [0.3, 0.4) is 0 Å². The first-order valence-corrected chi connectivity index (χ1v) is 6.66. The van der Waals surface area contributed by atoms with Crippen molar-refractivity contribution in [3.8, 4) is 11.4 Å². The molecule has 5 nitrogen and oxygen atoms in total. The Morgan fingerprint density at radius 3 is 2.48 bits per heavy atom. The number of anilines is 1. The van der Waals surface area contributed by atoms with Gasteiger partial charge in [0.05, 0.1) is 11.0 Å². The van der Waals surface area contributed by atoms with E-state index in [1.54, 1.807) is 0 Å². The van der Waals surface area contributed by atoms with E-state index in [1.165, 1.54) is 0 Å². The maximum Gasteiger partial charge on any atom is 0.138 e. The number of nitrogen functional groups attached to an aromatic ring is 1. The molecule has 2 aromatic carbocycles. The Hall–Kier alpha value is -2.82. The van der Waals surface area contributed by atoms with Gasteiger partial charge in [0.2, 0.25) is 0 Å². The lowest BCUT2D eigenvalue weighted by Crippen LogP contribution is -2.10. The standard InChI is InChI=1S/C16H17N5/c1-21(2)12-7-8-13-14(9-12)20-16(19-13)11-5-3-10(4-6-11)15(17)18/h3-9H,1-2H3,(H3,17,18)(H,19,20). The summed E-state index contributed by atoms with van der Waals surface area (Å²) in [5.74, 6) is 0.887. The lowest BCUT2D eigenvalue weighted by atomic mass is 10.1.